The number of rotatable bonds is 4. The Hall–Kier alpha value is -1.51. The summed E-state index contributed by atoms with van der Waals surface area (Å²) in [5, 5.41) is 0. The van der Waals surface area contributed by atoms with Gasteiger partial charge in [-0.3, -0.25) is 4.79 Å². The van der Waals surface area contributed by atoms with E-state index in [2.05, 4.69) is 6.92 Å². The van der Waals surface area contributed by atoms with Crippen molar-refractivity contribution in [2.75, 3.05) is 19.3 Å². The highest BCUT2D eigenvalue weighted by Gasteiger charge is 2.13. The van der Waals surface area contributed by atoms with Crippen LogP contribution in [0, 0.1) is 6.92 Å². The first-order chi connectivity index (χ1) is 7.56. The van der Waals surface area contributed by atoms with Gasteiger partial charge in [0.05, 0.1) is 0 Å². The van der Waals surface area contributed by atoms with Crippen LogP contribution in [0.25, 0.3) is 0 Å². The number of nitrogen functional groups attached to an aromatic ring is 1. The number of unbranched alkanes of at least 4 members (excludes halogenated alkanes) is 1. The molecule has 3 heteroatoms. The predicted octanol–water partition coefficient (Wildman–Crippen LogP) is 2.45. The third-order valence-corrected chi connectivity index (χ3v) is 2.69. The molecular formula is C13H20N2O. The van der Waals surface area contributed by atoms with E-state index in [0.717, 1.165) is 24.9 Å². The molecule has 0 heterocycles. The van der Waals surface area contributed by atoms with Gasteiger partial charge < -0.3 is 10.6 Å². The molecule has 1 amide bonds. The third-order valence-electron chi connectivity index (χ3n) is 2.69. The molecule has 0 aliphatic heterocycles. The summed E-state index contributed by atoms with van der Waals surface area (Å²) in [5.74, 6) is 0.0539. The SMILES string of the molecule is CCCCN(C)C(=O)c1cc(N)ccc1C. The van der Waals surface area contributed by atoms with E-state index in [9.17, 15) is 4.79 Å². The Bertz CT molecular complexity index is 374. The molecule has 1 rings (SSSR count). The lowest BCUT2D eigenvalue weighted by Gasteiger charge is -2.18. The predicted molar refractivity (Wildman–Crippen MR) is 67.5 cm³/mol. The van der Waals surface area contributed by atoms with E-state index < -0.39 is 0 Å². The molecule has 0 atom stereocenters. The molecule has 88 valence electrons. The van der Waals surface area contributed by atoms with Crippen LogP contribution in [-0.2, 0) is 0 Å². The van der Waals surface area contributed by atoms with Crippen LogP contribution in [0.5, 0.6) is 0 Å². The molecule has 1 aromatic rings. The summed E-state index contributed by atoms with van der Waals surface area (Å²) in [6.45, 7) is 4.84. The average Bonchev–Trinajstić information content (AvgIpc) is 2.28. The maximum atomic E-state index is 12.1. The summed E-state index contributed by atoms with van der Waals surface area (Å²) in [4.78, 5) is 13.8. The van der Waals surface area contributed by atoms with Crippen molar-refractivity contribution in [3.05, 3.63) is 29.3 Å². The van der Waals surface area contributed by atoms with Crippen molar-refractivity contribution in [1.29, 1.82) is 0 Å². The highest BCUT2D eigenvalue weighted by atomic mass is 16.2. The topological polar surface area (TPSA) is 46.3 Å². The van der Waals surface area contributed by atoms with Crippen molar-refractivity contribution in [2.24, 2.45) is 0 Å². The Labute approximate surface area is 97.2 Å². The summed E-state index contributed by atoms with van der Waals surface area (Å²) in [6.07, 6.45) is 2.12. The van der Waals surface area contributed by atoms with E-state index in [1.165, 1.54) is 0 Å². The van der Waals surface area contributed by atoms with Crippen LogP contribution in [0.3, 0.4) is 0 Å². The van der Waals surface area contributed by atoms with Crippen LogP contribution in [0.2, 0.25) is 0 Å². The van der Waals surface area contributed by atoms with Gasteiger partial charge in [-0.15, -0.1) is 0 Å². The van der Waals surface area contributed by atoms with Gasteiger partial charge >= 0.3 is 0 Å². The largest absolute Gasteiger partial charge is 0.399 e. The van der Waals surface area contributed by atoms with Crippen molar-refractivity contribution in [3.63, 3.8) is 0 Å². The smallest absolute Gasteiger partial charge is 0.253 e. The lowest BCUT2D eigenvalue weighted by molar-refractivity contribution is 0.0792. The van der Waals surface area contributed by atoms with Gasteiger partial charge in [-0.05, 0) is 31.0 Å². The van der Waals surface area contributed by atoms with Gasteiger partial charge in [0.25, 0.3) is 5.91 Å². The fraction of sp³-hybridized carbons (Fsp3) is 0.462. The number of benzene rings is 1. The number of hydrogen-bond acceptors (Lipinski definition) is 2. The first kappa shape index (κ1) is 12.6. The Morgan fingerprint density at radius 2 is 2.12 bits per heavy atom. The number of hydrogen-bond donors (Lipinski definition) is 1. The summed E-state index contributed by atoms with van der Waals surface area (Å²) < 4.78 is 0. The second kappa shape index (κ2) is 5.54. The maximum absolute atomic E-state index is 12.1. The molecule has 2 N–H and O–H groups in total. The molecule has 0 radical (unpaired) electrons. The minimum Gasteiger partial charge on any atom is -0.399 e. The van der Waals surface area contributed by atoms with Crippen molar-refractivity contribution < 1.29 is 4.79 Å². The lowest BCUT2D eigenvalue weighted by atomic mass is 10.1. The fourth-order valence-corrected chi connectivity index (χ4v) is 1.57. The molecule has 0 fully saturated rings. The van der Waals surface area contributed by atoms with Gasteiger partial charge in [0, 0.05) is 24.8 Å². The number of carbonyl (C=O) groups excluding carboxylic acids is 1. The normalized spacial score (nSPS) is 10.2. The summed E-state index contributed by atoms with van der Waals surface area (Å²) in [7, 11) is 1.83. The molecule has 0 unspecified atom stereocenters. The van der Waals surface area contributed by atoms with E-state index in [1.807, 2.05) is 26.1 Å². The van der Waals surface area contributed by atoms with Crippen molar-refractivity contribution in [1.82, 2.24) is 4.90 Å². The van der Waals surface area contributed by atoms with Crippen molar-refractivity contribution >= 4 is 11.6 Å². The molecule has 0 spiro atoms. The Balaban J connectivity index is 2.83. The minimum absolute atomic E-state index is 0.0539. The van der Waals surface area contributed by atoms with E-state index in [0.29, 0.717) is 11.3 Å². The van der Waals surface area contributed by atoms with Gasteiger partial charge in [-0.1, -0.05) is 19.4 Å². The molecule has 0 saturated carbocycles. The van der Waals surface area contributed by atoms with Crippen LogP contribution in [-0.4, -0.2) is 24.4 Å². The molecule has 0 bridgehead atoms. The summed E-state index contributed by atoms with van der Waals surface area (Å²) >= 11 is 0. The number of amides is 1. The highest BCUT2D eigenvalue weighted by molar-refractivity contribution is 5.96. The van der Waals surface area contributed by atoms with Gasteiger partial charge in [-0.25, -0.2) is 0 Å². The third kappa shape index (κ3) is 2.99. The van der Waals surface area contributed by atoms with Crippen LogP contribution in [0.1, 0.15) is 35.7 Å². The molecule has 0 aliphatic carbocycles. The number of carbonyl (C=O) groups is 1. The molecule has 0 saturated heterocycles. The molecule has 0 aromatic heterocycles. The highest BCUT2D eigenvalue weighted by Crippen LogP contribution is 2.14. The summed E-state index contributed by atoms with van der Waals surface area (Å²) in [6, 6.07) is 5.45. The van der Waals surface area contributed by atoms with Crippen molar-refractivity contribution in [2.45, 2.75) is 26.7 Å². The quantitative estimate of drug-likeness (QED) is 0.792. The van der Waals surface area contributed by atoms with E-state index in [4.69, 9.17) is 5.73 Å². The number of aryl methyl sites for hydroxylation is 1. The molecular weight excluding hydrogens is 200 g/mol. The van der Waals surface area contributed by atoms with Crippen LogP contribution >= 0.6 is 0 Å². The Kier molecular flexibility index (Phi) is 4.35. The molecule has 1 aromatic carbocycles. The van der Waals surface area contributed by atoms with Gasteiger partial charge in [0.15, 0.2) is 0 Å². The fourth-order valence-electron chi connectivity index (χ4n) is 1.57. The lowest BCUT2D eigenvalue weighted by Crippen LogP contribution is -2.28. The standard InChI is InChI=1S/C13H20N2O/c1-4-5-8-15(3)13(16)12-9-11(14)7-6-10(12)2/h6-7,9H,4-5,8,14H2,1-3H3. The van der Waals surface area contributed by atoms with Gasteiger partial charge in [0.2, 0.25) is 0 Å². The zero-order chi connectivity index (χ0) is 12.1. The van der Waals surface area contributed by atoms with Crippen LogP contribution in [0.15, 0.2) is 18.2 Å². The monoisotopic (exact) mass is 220 g/mol. The van der Waals surface area contributed by atoms with E-state index in [1.54, 1.807) is 11.0 Å². The van der Waals surface area contributed by atoms with E-state index in [-0.39, 0.29) is 5.91 Å². The zero-order valence-corrected chi connectivity index (χ0v) is 10.3. The number of nitrogens with zero attached hydrogens (tertiary/aromatic N) is 1. The Morgan fingerprint density at radius 3 is 2.75 bits per heavy atom. The van der Waals surface area contributed by atoms with Gasteiger partial charge in [0.1, 0.15) is 0 Å². The second-order valence-electron chi connectivity index (χ2n) is 4.15. The average molecular weight is 220 g/mol. The minimum atomic E-state index is 0.0539. The number of nitrogens with two attached hydrogens (primary N) is 1. The van der Waals surface area contributed by atoms with Gasteiger partial charge in [-0.2, -0.15) is 0 Å². The van der Waals surface area contributed by atoms with Crippen molar-refractivity contribution in [3.8, 4) is 0 Å². The molecule has 16 heavy (non-hydrogen) atoms. The zero-order valence-electron chi connectivity index (χ0n) is 10.3. The number of anilines is 1. The summed E-state index contributed by atoms with van der Waals surface area (Å²) in [5.41, 5.74) is 8.01. The Morgan fingerprint density at radius 1 is 1.44 bits per heavy atom. The maximum Gasteiger partial charge on any atom is 0.253 e. The first-order valence-electron chi connectivity index (χ1n) is 5.67. The van der Waals surface area contributed by atoms with Crippen LogP contribution in [0.4, 0.5) is 5.69 Å². The first-order valence-corrected chi connectivity index (χ1v) is 5.67. The van der Waals surface area contributed by atoms with Crippen LogP contribution < -0.4 is 5.73 Å². The van der Waals surface area contributed by atoms with E-state index >= 15 is 0 Å². The second-order valence-corrected chi connectivity index (χ2v) is 4.15. The molecule has 0 aliphatic rings. The molecule has 3 nitrogen and oxygen atoms in total.